The molecule has 4 aromatic heterocycles. The molecule has 0 bridgehead atoms. The van der Waals surface area contributed by atoms with E-state index in [4.69, 9.17) is 21.9 Å². The van der Waals surface area contributed by atoms with Gasteiger partial charge in [-0.25, -0.2) is 18.3 Å². The lowest BCUT2D eigenvalue weighted by molar-refractivity contribution is -0.661. The minimum Gasteiger partial charge on any atom is -0.201 e. The number of hydrogen-bond acceptors (Lipinski definition) is 0. The van der Waals surface area contributed by atoms with Crippen molar-refractivity contribution in [3.8, 4) is 45.0 Å². The second-order valence-electron chi connectivity index (χ2n) is 22.9. The van der Waals surface area contributed by atoms with Crippen LogP contribution in [0.15, 0.2) is 140 Å². The quantitative estimate of drug-likeness (QED) is 0.0965. The Labute approximate surface area is 510 Å². The van der Waals surface area contributed by atoms with Gasteiger partial charge in [0.05, 0.1) is 0 Å². The summed E-state index contributed by atoms with van der Waals surface area (Å²) in [5, 5.41) is 0. The van der Waals surface area contributed by atoms with E-state index >= 15 is 0 Å². The van der Waals surface area contributed by atoms with Gasteiger partial charge in [0, 0.05) is 90.7 Å². The zero-order valence-electron chi connectivity index (χ0n) is 68.0. The maximum absolute atomic E-state index is 8.66. The van der Waals surface area contributed by atoms with Gasteiger partial charge in [-0.1, -0.05) is 141 Å². The first-order chi connectivity index (χ1) is 43.9. The molecule has 80 heavy (non-hydrogen) atoms. The Morgan fingerprint density at radius 3 is 1.06 bits per heavy atom. The van der Waals surface area contributed by atoms with Gasteiger partial charge in [-0.05, 0) is 186 Å². The molecule has 4 heteroatoms. The van der Waals surface area contributed by atoms with Crippen LogP contribution in [0.3, 0.4) is 0 Å². The molecule has 0 radical (unpaired) electrons. The largest absolute Gasteiger partial charge is 0.212 e. The molecule has 0 saturated carbocycles. The molecular weight excluding hydrogens is 969 g/mol. The van der Waals surface area contributed by atoms with Crippen LogP contribution >= 0.6 is 0 Å². The standard InChI is InChI=1S/C21H30N.C19H26N.2C18H24N/c1-15(2)11-18-13-21(20-10-8-7-9-17(20)5)22(6)14-19(18)12-16(3)4;1-13(2)9-17-12-20(6)19(11-15(17)4)18-8-7-14(3)10-16(18)5;1-13(2)10-16-7-9-18(19(5)12-16)17-8-6-14(3)11-15(17)4;1-13(2)10-16-12-19(5)18(11-15(16)4)17-9-7-6-8-14(17)3/h7-10,13-16H,11-12H2,1-6H3;7-8,10-13H,9H2,1-6H3;2*6-9,11-13H,10H2,1-5H3/q4*+1/i11D2,12D2;3D3,9D2;3D3,10D2;10D2. The Balaban J connectivity index is 0.000000232. The van der Waals surface area contributed by atoms with Crippen LogP contribution in [0.2, 0.25) is 0 Å². The van der Waals surface area contributed by atoms with Crippen LogP contribution in [-0.2, 0) is 60.1 Å². The van der Waals surface area contributed by atoms with Crippen molar-refractivity contribution in [3.05, 3.63) is 212 Å². The number of pyridine rings is 4. The summed E-state index contributed by atoms with van der Waals surface area (Å²) >= 11 is 0. The molecule has 8 rings (SSSR count). The summed E-state index contributed by atoms with van der Waals surface area (Å²) in [6, 6.07) is 36.3. The van der Waals surface area contributed by atoms with Crippen LogP contribution < -0.4 is 18.3 Å². The molecule has 0 fully saturated rings. The maximum atomic E-state index is 8.66. The summed E-state index contributed by atoms with van der Waals surface area (Å²) in [6.07, 6.45) is 0.0363. The molecule has 8 aromatic rings. The molecule has 0 atom stereocenters. The fourth-order valence-electron chi connectivity index (χ4n) is 9.66. The molecule has 0 saturated heterocycles. The van der Waals surface area contributed by atoms with Crippen molar-refractivity contribution in [2.45, 2.75) is 156 Å². The van der Waals surface area contributed by atoms with E-state index < -0.39 is 45.6 Å². The van der Waals surface area contributed by atoms with Crippen molar-refractivity contribution < 1.29 is 40.2 Å². The maximum Gasteiger partial charge on any atom is 0.212 e. The molecule has 0 aliphatic heterocycles. The molecule has 0 amide bonds. The van der Waals surface area contributed by atoms with Crippen LogP contribution in [0.5, 0.6) is 0 Å². The number of rotatable bonds is 14. The van der Waals surface area contributed by atoms with Crippen LogP contribution in [0.25, 0.3) is 45.0 Å². The molecule has 0 N–H and O–H groups in total. The van der Waals surface area contributed by atoms with E-state index in [9.17, 15) is 0 Å². The number of hydrogen-bond donors (Lipinski definition) is 0. The third-order valence-electron chi connectivity index (χ3n) is 13.4. The number of aromatic nitrogens is 4. The fraction of sp³-hybridized carbons (Fsp3) is 0.421. The number of benzene rings is 4. The third kappa shape index (κ3) is 18.5. The average Bonchev–Trinajstić information content (AvgIpc) is 0.771. The van der Waals surface area contributed by atoms with E-state index in [2.05, 4.69) is 25.1 Å². The summed E-state index contributed by atoms with van der Waals surface area (Å²) in [5.41, 5.74) is 17.7. The highest BCUT2D eigenvalue weighted by Gasteiger charge is 2.21. The van der Waals surface area contributed by atoms with Crippen LogP contribution in [0.1, 0.15) is 163 Å². The van der Waals surface area contributed by atoms with Gasteiger partial charge < -0.3 is 0 Å². The third-order valence-corrected chi connectivity index (χ3v) is 13.4. The Morgan fingerprint density at radius 1 is 0.325 bits per heavy atom. The molecule has 4 nitrogen and oxygen atoms in total. The average molecular weight is 1090 g/mol. The highest BCUT2D eigenvalue weighted by Crippen LogP contribution is 2.28. The van der Waals surface area contributed by atoms with Gasteiger partial charge in [0.25, 0.3) is 0 Å². The van der Waals surface area contributed by atoms with E-state index in [1.807, 2.05) is 242 Å². The smallest absolute Gasteiger partial charge is 0.201 e. The SMILES string of the molecule is [2H]C([2H])([2H])c1ccc(-c2cc(C)c(C([2H])([2H])C(C)C)c[n+]2C)c(C)c1.[2H]C([2H])([2H])c1ccc(-c2ccc(C([2H])([2H])C(C)C)c[n+]2C)c(C)c1.[2H]C([2H])(c1c[n+](C)c(-c2ccccc2C)cc1C)C(C)C.[2H]C([2H])(c1cc(-c2ccccc2C)[n+](C)cc1C([2H])([2H])C(C)C)C(C)C. The molecule has 0 spiro atoms. The first kappa shape index (κ1) is 44.2. The van der Waals surface area contributed by atoms with Crippen molar-refractivity contribution in [3.63, 3.8) is 0 Å². The molecule has 0 aliphatic rings. The van der Waals surface area contributed by atoms with E-state index in [1.165, 1.54) is 11.1 Å². The van der Waals surface area contributed by atoms with Gasteiger partial charge in [0.2, 0.25) is 22.8 Å². The van der Waals surface area contributed by atoms with Crippen molar-refractivity contribution in [1.82, 2.24) is 0 Å². The highest BCUT2D eigenvalue weighted by molar-refractivity contribution is 5.64. The number of aryl methyl sites for hydroxylation is 12. The van der Waals surface area contributed by atoms with Crippen molar-refractivity contribution in [2.24, 2.45) is 57.8 Å². The number of nitrogens with zero attached hydrogens (tertiary/aromatic N) is 4. The Bertz CT molecular complexity index is 4030. The topological polar surface area (TPSA) is 15.5 Å². The summed E-state index contributed by atoms with van der Waals surface area (Å²) in [5.74, 6) is -0.823. The van der Waals surface area contributed by atoms with E-state index in [1.54, 1.807) is 30.5 Å². The van der Waals surface area contributed by atoms with Crippen LogP contribution in [0.4, 0.5) is 0 Å². The predicted molar refractivity (Wildman–Crippen MR) is 343 cm³/mol. The molecule has 4 heterocycles. The van der Waals surface area contributed by atoms with Gasteiger partial charge in [0.1, 0.15) is 28.2 Å². The van der Waals surface area contributed by atoms with Gasteiger partial charge in [-0.3, -0.25) is 0 Å². The molecule has 424 valence electrons. The Hall–Kier alpha value is -6.52. The van der Waals surface area contributed by atoms with Gasteiger partial charge in [-0.15, -0.1) is 0 Å². The lowest BCUT2D eigenvalue weighted by Crippen LogP contribution is -2.32. The molecule has 4 aromatic carbocycles. The Morgan fingerprint density at radius 2 is 0.675 bits per heavy atom. The van der Waals surface area contributed by atoms with Crippen LogP contribution in [-0.4, -0.2) is 0 Å². The zero-order chi connectivity index (χ0) is 73.1. The van der Waals surface area contributed by atoms with Gasteiger partial charge >= 0.3 is 0 Å². The zero-order valence-corrected chi connectivity index (χ0v) is 52.0. The fourth-order valence-corrected chi connectivity index (χ4v) is 9.66. The lowest BCUT2D eigenvalue weighted by atomic mass is 9.92. The second-order valence-corrected chi connectivity index (χ2v) is 22.9. The first-order valence-corrected chi connectivity index (χ1v) is 28.4. The minimum absolute atomic E-state index is 0.0551. The normalized spacial score (nSPS) is 15.4. The van der Waals surface area contributed by atoms with E-state index in [0.29, 0.717) is 33.4 Å². The lowest BCUT2D eigenvalue weighted by Gasteiger charge is -2.14. The van der Waals surface area contributed by atoms with Gasteiger partial charge in [0.15, 0.2) is 24.8 Å². The van der Waals surface area contributed by atoms with Crippen LogP contribution in [0, 0.1) is 84.8 Å². The summed E-state index contributed by atoms with van der Waals surface area (Å²) in [4.78, 5) is 0. The minimum atomic E-state index is -2.11. The first-order valence-electron chi connectivity index (χ1n) is 36.4. The molecule has 0 aliphatic carbocycles. The second kappa shape index (κ2) is 29.8. The summed E-state index contributed by atoms with van der Waals surface area (Å²) < 4.78 is 137. The monoisotopic (exact) mass is 1090 g/mol. The van der Waals surface area contributed by atoms with Crippen molar-refractivity contribution in [2.75, 3.05) is 0 Å². The highest BCUT2D eigenvalue weighted by atomic mass is 14.9. The van der Waals surface area contributed by atoms with Gasteiger partial charge in [-0.2, -0.15) is 0 Å². The van der Waals surface area contributed by atoms with Crippen molar-refractivity contribution in [1.29, 1.82) is 0 Å². The summed E-state index contributed by atoms with van der Waals surface area (Å²) in [7, 11) is 7.66. The predicted octanol–water partition coefficient (Wildman–Crippen LogP) is 17.2. The van der Waals surface area contributed by atoms with Crippen molar-refractivity contribution >= 4 is 0 Å². The van der Waals surface area contributed by atoms with E-state index in [-0.39, 0.29) is 29.6 Å². The molecule has 0 unspecified atom stereocenters. The molecular formula is C76H104N4+4. The summed E-state index contributed by atoms with van der Waals surface area (Å²) in [6.45, 7) is 26.3. The van der Waals surface area contributed by atoms with E-state index in [0.717, 1.165) is 72.8 Å². The Kier molecular flexibility index (Phi) is 16.5.